The topological polar surface area (TPSA) is 98.2 Å². The fourth-order valence-electron chi connectivity index (χ4n) is 4.78. The van der Waals surface area contributed by atoms with Crippen LogP contribution in [-0.2, 0) is 15.3 Å². The second-order valence-corrected chi connectivity index (χ2v) is 12.8. The largest absolute Gasteiger partial charge is 0.496 e. The molecule has 0 amide bonds. The van der Waals surface area contributed by atoms with Gasteiger partial charge in [0.15, 0.2) is 0 Å². The Morgan fingerprint density at radius 2 is 1.45 bits per heavy atom. The molecule has 40 heavy (non-hydrogen) atoms. The normalized spacial score (nSPS) is 12.0. The molecule has 7 nitrogen and oxygen atoms in total. The van der Waals surface area contributed by atoms with E-state index in [0.717, 1.165) is 33.0 Å². The number of aromatic amines is 1. The smallest absolute Gasteiger partial charge is 0.332 e. The number of aromatic nitrogens is 2. The number of fused-ring (bicyclic) bond motifs is 1. The van der Waals surface area contributed by atoms with Crippen LogP contribution in [0.25, 0.3) is 27.6 Å². The molecule has 0 radical (unpaired) electrons. The maximum Gasteiger partial charge on any atom is 0.332 e. The number of hydrogen-bond acceptors (Lipinski definition) is 5. The van der Waals surface area contributed by atoms with Crippen molar-refractivity contribution in [2.24, 2.45) is 0 Å². The van der Waals surface area contributed by atoms with Crippen LogP contribution in [0.15, 0.2) is 104 Å². The lowest BCUT2D eigenvalue weighted by Crippen LogP contribution is -2.27. The summed E-state index contributed by atoms with van der Waals surface area (Å²) in [4.78, 5) is 27.1. The molecule has 204 valence electrons. The summed E-state index contributed by atoms with van der Waals surface area (Å²) in [5.74, 6) is 0.673. The number of nitrogens with one attached hydrogen (secondary N) is 1. The Bertz CT molecular complexity index is 1980. The lowest BCUT2D eigenvalue weighted by molar-refractivity contribution is 0.399. The van der Waals surface area contributed by atoms with Gasteiger partial charge in [0.1, 0.15) is 5.75 Å². The Hall–Kier alpha value is -4.43. The van der Waals surface area contributed by atoms with Crippen LogP contribution in [0.3, 0.4) is 0 Å². The van der Waals surface area contributed by atoms with Crippen molar-refractivity contribution >= 4 is 20.6 Å². The Morgan fingerprint density at radius 3 is 2.10 bits per heavy atom. The molecule has 1 N–H and O–H groups in total. The molecule has 4 aromatic carbocycles. The molecular weight excluding hydrogens is 524 g/mol. The predicted octanol–water partition coefficient (Wildman–Crippen LogP) is 5.79. The maximum atomic E-state index is 13.2. The van der Waals surface area contributed by atoms with Crippen LogP contribution in [0.2, 0.25) is 0 Å². The highest BCUT2D eigenvalue weighted by molar-refractivity contribution is 7.91. The van der Waals surface area contributed by atoms with Crippen LogP contribution < -0.4 is 16.0 Å². The van der Waals surface area contributed by atoms with Gasteiger partial charge in [-0.25, -0.2) is 13.2 Å². The van der Waals surface area contributed by atoms with E-state index in [1.54, 1.807) is 49.6 Å². The van der Waals surface area contributed by atoms with Crippen molar-refractivity contribution in [1.29, 1.82) is 0 Å². The van der Waals surface area contributed by atoms with E-state index in [1.165, 1.54) is 16.8 Å². The van der Waals surface area contributed by atoms with E-state index in [1.807, 2.05) is 37.3 Å². The summed E-state index contributed by atoms with van der Waals surface area (Å²) >= 11 is 0. The Morgan fingerprint density at radius 1 is 0.800 bits per heavy atom. The van der Waals surface area contributed by atoms with E-state index in [0.29, 0.717) is 11.4 Å². The molecule has 0 atom stereocenters. The number of nitrogens with zero attached hydrogens (tertiary/aromatic N) is 1. The number of methoxy groups -OCH3 is 1. The van der Waals surface area contributed by atoms with Crippen LogP contribution >= 0.6 is 0 Å². The molecule has 0 fully saturated rings. The van der Waals surface area contributed by atoms with Gasteiger partial charge in [0.05, 0.1) is 22.6 Å². The van der Waals surface area contributed by atoms with E-state index in [4.69, 9.17) is 4.74 Å². The summed E-state index contributed by atoms with van der Waals surface area (Å²) in [6, 6.07) is 22.7. The number of hydrogen-bond donors (Lipinski definition) is 1. The molecule has 0 saturated heterocycles. The fourth-order valence-corrected chi connectivity index (χ4v) is 6.07. The summed E-state index contributed by atoms with van der Waals surface area (Å²) in [7, 11) is -2.05. The standard InChI is InChI=1S/C32H30N2O5S/c1-20-6-11-25(12-7-20)40(37,38)26-13-10-21-16-23(9-8-22(21)17-26)27-18-24(34-15-14-29(35)33-31(34)36)19-28(30(27)39-5)32(2,3)4/h6-19H,1-5H3,(H,33,35,36). The van der Waals surface area contributed by atoms with E-state index >= 15 is 0 Å². The van der Waals surface area contributed by atoms with Gasteiger partial charge in [-0.3, -0.25) is 14.3 Å². The van der Waals surface area contributed by atoms with E-state index in [2.05, 4.69) is 25.8 Å². The highest BCUT2D eigenvalue weighted by Crippen LogP contribution is 2.42. The molecule has 1 heterocycles. The molecule has 1 aromatic heterocycles. The van der Waals surface area contributed by atoms with Crippen LogP contribution in [0, 0.1) is 6.92 Å². The van der Waals surface area contributed by atoms with Crippen LogP contribution in [-0.4, -0.2) is 25.1 Å². The summed E-state index contributed by atoms with van der Waals surface area (Å²) in [5, 5.41) is 1.63. The molecule has 5 aromatic rings. The molecule has 0 unspecified atom stereocenters. The summed E-state index contributed by atoms with van der Waals surface area (Å²) in [5.41, 5.74) is 2.74. The number of sulfone groups is 1. The van der Waals surface area contributed by atoms with Crippen molar-refractivity contribution in [3.05, 3.63) is 117 Å². The third kappa shape index (κ3) is 4.98. The molecule has 0 aliphatic heterocycles. The van der Waals surface area contributed by atoms with Crippen molar-refractivity contribution in [1.82, 2.24) is 9.55 Å². The number of H-pyrrole nitrogens is 1. The number of rotatable bonds is 5. The summed E-state index contributed by atoms with van der Waals surface area (Å²) in [6.07, 6.45) is 1.45. The van der Waals surface area contributed by atoms with Crippen molar-refractivity contribution in [2.75, 3.05) is 7.11 Å². The van der Waals surface area contributed by atoms with Gasteiger partial charge in [-0.05, 0) is 71.1 Å². The molecule has 0 bridgehead atoms. The average molecular weight is 555 g/mol. The minimum absolute atomic E-state index is 0.226. The first kappa shape index (κ1) is 27.1. The van der Waals surface area contributed by atoms with E-state index in [9.17, 15) is 18.0 Å². The molecule has 5 rings (SSSR count). The van der Waals surface area contributed by atoms with Crippen LogP contribution in [0.4, 0.5) is 0 Å². The zero-order chi connectivity index (χ0) is 28.8. The quantitative estimate of drug-likeness (QED) is 0.296. The van der Waals surface area contributed by atoms with Gasteiger partial charge in [-0.2, -0.15) is 0 Å². The molecule has 0 spiro atoms. The van der Waals surface area contributed by atoms with Gasteiger partial charge >= 0.3 is 5.69 Å². The summed E-state index contributed by atoms with van der Waals surface area (Å²) < 4.78 is 33.8. The van der Waals surface area contributed by atoms with Gasteiger partial charge in [0.25, 0.3) is 5.56 Å². The zero-order valence-electron chi connectivity index (χ0n) is 23.0. The minimum atomic E-state index is -3.66. The first-order valence-electron chi connectivity index (χ1n) is 12.8. The molecule has 8 heteroatoms. The fraction of sp³-hybridized carbons (Fsp3) is 0.188. The van der Waals surface area contributed by atoms with Crippen LogP contribution in [0.1, 0.15) is 31.9 Å². The highest BCUT2D eigenvalue weighted by Gasteiger charge is 2.24. The number of aryl methyl sites for hydroxylation is 1. The van der Waals surface area contributed by atoms with Gasteiger partial charge in [-0.1, -0.05) is 56.7 Å². The highest BCUT2D eigenvalue weighted by atomic mass is 32.2. The SMILES string of the molecule is COc1c(-c2ccc3cc(S(=O)(=O)c4ccc(C)cc4)ccc3c2)cc(-n2ccc(=O)[nH]c2=O)cc1C(C)(C)C. The second kappa shape index (κ2) is 9.95. The average Bonchev–Trinajstić information content (AvgIpc) is 2.91. The molecule has 0 aliphatic carbocycles. The molecular formula is C32H30N2O5S. The van der Waals surface area contributed by atoms with Gasteiger partial charge in [0, 0.05) is 23.4 Å². The Labute approximate surface area is 232 Å². The monoisotopic (exact) mass is 554 g/mol. The van der Waals surface area contributed by atoms with Crippen molar-refractivity contribution in [3.63, 3.8) is 0 Å². The van der Waals surface area contributed by atoms with Crippen molar-refractivity contribution in [3.8, 4) is 22.6 Å². The number of ether oxygens (including phenoxy) is 1. The zero-order valence-corrected chi connectivity index (χ0v) is 23.8. The molecule has 0 aliphatic rings. The Kier molecular flexibility index (Phi) is 6.75. The third-order valence-electron chi connectivity index (χ3n) is 6.95. The summed E-state index contributed by atoms with van der Waals surface area (Å²) in [6.45, 7) is 8.09. The maximum absolute atomic E-state index is 13.2. The van der Waals surface area contributed by atoms with Crippen molar-refractivity contribution < 1.29 is 13.2 Å². The predicted molar refractivity (Wildman–Crippen MR) is 157 cm³/mol. The first-order chi connectivity index (χ1) is 18.9. The van der Waals surface area contributed by atoms with Gasteiger partial charge in [0.2, 0.25) is 9.84 Å². The lowest BCUT2D eigenvalue weighted by atomic mass is 9.83. The minimum Gasteiger partial charge on any atom is -0.496 e. The Balaban J connectivity index is 1.67. The first-order valence-corrected chi connectivity index (χ1v) is 14.3. The number of benzene rings is 4. The lowest BCUT2D eigenvalue weighted by Gasteiger charge is -2.25. The van der Waals surface area contributed by atoms with Gasteiger partial charge in [-0.15, -0.1) is 0 Å². The van der Waals surface area contributed by atoms with Crippen molar-refractivity contribution in [2.45, 2.75) is 42.9 Å². The second-order valence-electron chi connectivity index (χ2n) is 10.8. The van der Waals surface area contributed by atoms with Crippen LogP contribution in [0.5, 0.6) is 5.75 Å². The third-order valence-corrected chi connectivity index (χ3v) is 8.72. The molecule has 0 saturated carbocycles. The van der Waals surface area contributed by atoms with E-state index in [-0.39, 0.29) is 15.2 Å². The van der Waals surface area contributed by atoms with Gasteiger partial charge < -0.3 is 4.74 Å². The van der Waals surface area contributed by atoms with E-state index < -0.39 is 21.1 Å².